The van der Waals surface area contributed by atoms with Gasteiger partial charge in [0.15, 0.2) is 0 Å². The van der Waals surface area contributed by atoms with E-state index in [0.29, 0.717) is 6.04 Å². The van der Waals surface area contributed by atoms with Crippen LogP contribution in [0.1, 0.15) is 34.1 Å². The fourth-order valence-corrected chi connectivity index (χ4v) is 1.12. The molecule has 13 heavy (non-hydrogen) atoms. The van der Waals surface area contributed by atoms with Crippen LogP contribution in [0.2, 0.25) is 0 Å². The third kappa shape index (κ3) is 5.24. The van der Waals surface area contributed by atoms with Crippen LogP contribution in [0.25, 0.3) is 0 Å². The van der Waals surface area contributed by atoms with Gasteiger partial charge in [0.1, 0.15) is 0 Å². The van der Waals surface area contributed by atoms with Gasteiger partial charge in [0.2, 0.25) is 0 Å². The first kappa shape index (κ1) is 12.9. The van der Waals surface area contributed by atoms with Gasteiger partial charge in [0.25, 0.3) is 0 Å². The molecule has 0 fully saturated rings. The maximum atomic E-state index is 9.46. The van der Waals surface area contributed by atoms with Gasteiger partial charge < -0.3 is 15.2 Å². The topological polar surface area (TPSA) is 41.5 Å². The monoisotopic (exact) mass is 189 g/mol. The third-order valence-corrected chi connectivity index (χ3v) is 2.42. The quantitative estimate of drug-likeness (QED) is 0.659. The lowest BCUT2D eigenvalue weighted by Crippen LogP contribution is -2.52. The molecule has 0 aliphatic rings. The van der Waals surface area contributed by atoms with Crippen LogP contribution in [0.5, 0.6) is 0 Å². The molecule has 0 saturated carbocycles. The molecular formula is C10H23NO2. The van der Waals surface area contributed by atoms with Crippen LogP contribution in [-0.2, 0) is 4.74 Å². The molecule has 2 atom stereocenters. The highest BCUT2D eigenvalue weighted by molar-refractivity contribution is 4.85. The fraction of sp³-hybridized carbons (Fsp3) is 1.00. The summed E-state index contributed by atoms with van der Waals surface area (Å²) in [6, 6.07) is 0.365. The zero-order chi connectivity index (χ0) is 10.5. The Hall–Kier alpha value is -0.120. The van der Waals surface area contributed by atoms with E-state index in [1.54, 1.807) is 14.0 Å². The molecule has 0 aliphatic heterocycles. The molecule has 0 aromatic carbocycles. The van der Waals surface area contributed by atoms with Crippen molar-refractivity contribution in [2.45, 2.75) is 51.8 Å². The number of nitrogens with one attached hydrogen (secondary N) is 1. The van der Waals surface area contributed by atoms with Crippen molar-refractivity contribution in [2.24, 2.45) is 0 Å². The summed E-state index contributed by atoms with van der Waals surface area (Å²) in [6.45, 7) is 8.66. The van der Waals surface area contributed by atoms with Crippen LogP contribution >= 0.6 is 0 Å². The Morgan fingerprint density at radius 3 is 2.31 bits per heavy atom. The van der Waals surface area contributed by atoms with E-state index in [-0.39, 0.29) is 11.6 Å². The molecule has 0 amide bonds. The summed E-state index contributed by atoms with van der Waals surface area (Å²) in [7, 11) is 1.70. The van der Waals surface area contributed by atoms with E-state index in [1.165, 1.54) is 0 Å². The predicted octanol–water partition coefficient (Wildman–Crippen LogP) is 1.16. The number of methoxy groups -OCH3 is 1. The van der Waals surface area contributed by atoms with Gasteiger partial charge in [-0.2, -0.15) is 0 Å². The Morgan fingerprint density at radius 2 is 1.92 bits per heavy atom. The van der Waals surface area contributed by atoms with Crippen LogP contribution in [0.3, 0.4) is 0 Å². The molecule has 2 unspecified atom stereocenters. The van der Waals surface area contributed by atoms with Crippen LogP contribution in [0, 0.1) is 0 Å². The largest absolute Gasteiger partial charge is 0.392 e. The van der Waals surface area contributed by atoms with E-state index >= 15 is 0 Å². The summed E-state index contributed by atoms with van der Waals surface area (Å²) in [4.78, 5) is 0. The van der Waals surface area contributed by atoms with E-state index in [1.807, 2.05) is 13.8 Å². The second kappa shape index (κ2) is 5.58. The average molecular weight is 189 g/mol. The van der Waals surface area contributed by atoms with Crippen LogP contribution in [0.15, 0.2) is 0 Å². The lowest BCUT2D eigenvalue weighted by Gasteiger charge is -2.32. The number of ether oxygens (including phenoxy) is 1. The predicted molar refractivity (Wildman–Crippen MR) is 54.9 cm³/mol. The highest BCUT2D eigenvalue weighted by Gasteiger charge is 2.24. The second-order valence-electron chi connectivity index (χ2n) is 4.22. The summed E-state index contributed by atoms with van der Waals surface area (Å²) in [5.74, 6) is 0. The molecule has 0 saturated heterocycles. The van der Waals surface area contributed by atoms with Crippen molar-refractivity contribution in [3.05, 3.63) is 0 Å². The standard InChI is InChI=1S/C10H23NO2/c1-8(6-7-13-5)11-10(3,4)9(2)12/h8-9,11-12H,6-7H2,1-5H3. The minimum Gasteiger partial charge on any atom is -0.392 e. The number of hydrogen-bond donors (Lipinski definition) is 2. The average Bonchev–Trinajstić information content (AvgIpc) is 1.99. The smallest absolute Gasteiger partial charge is 0.0688 e. The van der Waals surface area contributed by atoms with Crippen molar-refractivity contribution in [2.75, 3.05) is 13.7 Å². The van der Waals surface area contributed by atoms with Crippen LogP contribution < -0.4 is 5.32 Å². The first-order valence-corrected chi connectivity index (χ1v) is 4.85. The first-order chi connectivity index (χ1) is 5.90. The lowest BCUT2D eigenvalue weighted by molar-refractivity contribution is 0.0842. The van der Waals surface area contributed by atoms with Gasteiger partial charge in [-0.05, 0) is 34.1 Å². The Balaban J connectivity index is 3.82. The van der Waals surface area contributed by atoms with Crippen molar-refractivity contribution < 1.29 is 9.84 Å². The summed E-state index contributed by atoms with van der Waals surface area (Å²) in [6.07, 6.45) is 0.615. The molecule has 0 aromatic rings. The van der Waals surface area contributed by atoms with E-state index in [9.17, 15) is 5.11 Å². The van der Waals surface area contributed by atoms with Gasteiger partial charge in [0, 0.05) is 25.3 Å². The van der Waals surface area contributed by atoms with Crippen molar-refractivity contribution in [1.29, 1.82) is 0 Å². The number of rotatable bonds is 6. The Bertz CT molecular complexity index is 135. The third-order valence-electron chi connectivity index (χ3n) is 2.42. The Labute approximate surface area is 81.5 Å². The Kier molecular flexibility index (Phi) is 5.53. The molecule has 0 aromatic heterocycles. The highest BCUT2D eigenvalue weighted by atomic mass is 16.5. The second-order valence-corrected chi connectivity index (χ2v) is 4.22. The molecule has 3 heteroatoms. The molecular weight excluding hydrogens is 166 g/mol. The summed E-state index contributed by atoms with van der Waals surface area (Å²) >= 11 is 0. The van der Waals surface area contributed by atoms with Crippen molar-refractivity contribution in [3.8, 4) is 0 Å². The van der Waals surface area contributed by atoms with Gasteiger partial charge in [0.05, 0.1) is 6.10 Å². The summed E-state index contributed by atoms with van der Waals surface area (Å²) in [5.41, 5.74) is -0.229. The first-order valence-electron chi connectivity index (χ1n) is 4.85. The van der Waals surface area contributed by atoms with Crippen molar-refractivity contribution in [1.82, 2.24) is 5.32 Å². The number of aliphatic hydroxyl groups is 1. The lowest BCUT2D eigenvalue weighted by atomic mass is 9.97. The molecule has 3 nitrogen and oxygen atoms in total. The van der Waals surface area contributed by atoms with E-state index in [4.69, 9.17) is 4.74 Å². The Morgan fingerprint density at radius 1 is 1.38 bits per heavy atom. The molecule has 0 spiro atoms. The maximum Gasteiger partial charge on any atom is 0.0688 e. The van der Waals surface area contributed by atoms with Gasteiger partial charge in [-0.1, -0.05) is 0 Å². The number of aliphatic hydroxyl groups excluding tert-OH is 1. The van der Waals surface area contributed by atoms with Crippen molar-refractivity contribution in [3.63, 3.8) is 0 Å². The van der Waals surface area contributed by atoms with Crippen LogP contribution in [0.4, 0.5) is 0 Å². The normalized spacial score (nSPS) is 17.1. The number of hydrogen-bond acceptors (Lipinski definition) is 3. The SMILES string of the molecule is COCCC(C)NC(C)(C)C(C)O. The molecule has 0 heterocycles. The zero-order valence-electron chi connectivity index (χ0n) is 9.42. The minimum atomic E-state index is -0.350. The molecule has 0 rings (SSSR count). The molecule has 0 bridgehead atoms. The maximum absolute atomic E-state index is 9.46. The van der Waals surface area contributed by atoms with Gasteiger partial charge in [-0.15, -0.1) is 0 Å². The van der Waals surface area contributed by atoms with E-state index in [0.717, 1.165) is 13.0 Å². The van der Waals surface area contributed by atoms with Gasteiger partial charge >= 0.3 is 0 Å². The van der Waals surface area contributed by atoms with Gasteiger partial charge in [-0.3, -0.25) is 0 Å². The molecule has 0 aliphatic carbocycles. The van der Waals surface area contributed by atoms with E-state index in [2.05, 4.69) is 12.2 Å². The van der Waals surface area contributed by atoms with Crippen LogP contribution in [-0.4, -0.2) is 36.5 Å². The molecule has 0 radical (unpaired) electrons. The highest BCUT2D eigenvalue weighted by Crippen LogP contribution is 2.10. The summed E-state index contributed by atoms with van der Waals surface area (Å²) in [5, 5.41) is 12.8. The molecule has 2 N–H and O–H groups in total. The minimum absolute atomic E-state index is 0.229. The van der Waals surface area contributed by atoms with Gasteiger partial charge in [-0.25, -0.2) is 0 Å². The van der Waals surface area contributed by atoms with E-state index < -0.39 is 0 Å². The molecule has 80 valence electrons. The zero-order valence-corrected chi connectivity index (χ0v) is 9.42. The summed E-state index contributed by atoms with van der Waals surface area (Å²) < 4.78 is 4.98. The fourth-order valence-electron chi connectivity index (χ4n) is 1.12. The van der Waals surface area contributed by atoms with Crippen molar-refractivity contribution >= 4 is 0 Å².